The standard InChI is InChI=1S/C13H12F2O.CHNS/c1-16-13(15)9-5-8-11(14)12(13)10-6-3-2-4-7-10;2-1-3/h2-8H,9H2,1H3;2H. The third-order valence-corrected chi connectivity index (χ3v) is 2.64. The molecule has 0 amide bonds. The first-order valence-electron chi connectivity index (χ1n) is 5.49. The van der Waals surface area contributed by atoms with Crippen molar-refractivity contribution in [2.75, 3.05) is 7.11 Å². The maximum Gasteiger partial charge on any atom is 0.242 e. The van der Waals surface area contributed by atoms with E-state index in [2.05, 4.69) is 12.2 Å². The van der Waals surface area contributed by atoms with Gasteiger partial charge in [0.05, 0.1) is 10.7 Å². The maximum atomic E-state index is 14.3. The topological polar surface area (TPSA) is 33.1 Å². The molecule has 1 aliphatic carbocycles. The van der Waals surface area contributed by atoms with Gasteiger partial charge in [-0.2, -0.15) is 0 Å². The van der Waals surface area contributed by atoms with E-state index in [4.69, 9.17) is 10.1 Å². The minimum atomic E-state index is -2.07. The molecule has 1 atom stereocenters. The van der Waals surface area contributed by atoms with Crippen LogP contribution in [-0.4, -0.2) is 18.1 Å². The number of methoxy groups -OCH3 is 1. The van der Waals surface area contributed by atoms with E-state index >= 15 is 0 Å². The summed E-state index contributed by atoms with van der Waals surface area (Å²) in [7, 11) is 1.25. The van der Waals surface area contributed by atoms with Crippen molar-refractivity contribution in [1.29, 1.82) is 5.41 Å². The molecular weight excluding hydrogens is 268 g/mol. The molecule has 0 bridgehead atoms. The monoisotopic (exact) mass is 281 g/mol. The number of isothiocyanates is 1. The van der Waals surface area contributed by atoms with Crippen molar-refractivity contribution in [3.63, 3.8) is 0 Å². The second-order valence-corrected chi connectivity index (χ2v) is 3.93. The second-order valence-electron chi connectivity index (χ2n) is 3.73. The van der Waals surface area contributed by atoms with Crippen molar-refractivity contribution in [3.8, 4) is 0 Å². The summed E-state index contributed by atoms with van der Waals surface area (Å²) in [5, 5.41) is 7.36. The average molecular weight is 281 g/mol. The van der Waals surface area contributed by atoms with Crippen molar-refractivity contribution in [2.45, 2.75) is 12.3 Å². The molecule has 2 nitrogen and oxygen atoms in total. The highest BCUT2D eigenvalue weighted by molar-refractivity contribution is 7.78. The van der Waals surface area contributed by atoms with Crippen molar-refractivity contribution in [3.05, 3.63) is 53.9 Å². The number of ether oxygens (including phenoxy) is 1. The summed E-state index contributed by atoms with van der Waals surface area (Å²) in [6, 6.07) is 8.62. The van der Waals surface area contributed by atoms with Crippen molar-refractivity contribution < 1.29 is 13.5 Å². The number of benzene rings is 1. The van der Waals surface area contributed by atoms with Gasteiger partial charge >= 0.3 is 0 Å². The molecule has 19 heavy (non-hydrogen) atoms. The number of halogens is 2. The van der Waals surface area contributed by atoms with Crippen LogP contribution in [-0.2, 0) is 4.74 Å². The summed E-state index contributed by atoms with van der Waals surface area (Å²) in [6.07, 6.45) is 2.74. The normalized spacial score (nSPS) is 21.4. The van der Waals surface area contributed by atoms with Crippen molar-refractivity contribution >= 4 is 23.0 Å². The number of hydrogen-bond acceptors (Lipinski definition) is 3. The summed E-state index contributed by atoms with van der Waals surface area (Å²) >= 11 is 3.81. The lowest BCUT2D eigenvalue weighted by molar-refractivity contribution is -0.0683. The first-order valence-corrected chi connectivity index (χ1v) is 5.90. The minimum Gasteiger partial charge on any atom is -0.345 e. The van der Waals surface area contributed by atoms with Gasteiger partial charge in [-0.3, -0.25) is 0 Å². The predicted molar refractivity (Wildman–Crippen MR) is 74.4 cm³/mol. The van der Waals surface area contributed by atoms with Gasteiger partial charge in [-0.05, 0) is 23.9 Å². The zero-order valence-corrected chi connectivity index (χ0v) is 11.1. The van der Waals surface area contributed by atoms with Crippen LogP contribution in [0.5, 0.6) is 0 Å². The Bertz CT molecular complexity index is 522. The fourth-order valence-electron chi connectivity index (χ4n) is 1.82. The smallest absolute Gasteiger partial charge is 0.242 e. The molecule has 0 fully saturated rings. The molecule has 2 rings (SSSR count). The third-order valence-electron chi connectivity index (χ3n) is 2.64. The molecule has 0 spiro atoms. The summed E-state index contributed by atoms with van der Waals surface area (Å²) in [4.78, 5) is 0. The quantitative estimate of drug-likeness (QED) is 0.647. The Kier molecular flexibility index (Phi) is 5.70. The van der Waals surface area contributed by atoms with Gasteiger partial charge in [0.2, 0.25) is 5.85 Å². The van der Waals surface area contributed by atoms with Gasteiger partial charge < -0.3 is 4.74 Å². The van der Waals surface area contributed by atoms with Gasteiger partial charge in [-0.1, -0.05) is 36.4 Å². The van der Waals surface area contributed by atoms with Gasteiger partial charge in [0, 0.05) is 13.5 Å². The Morgan fingerprint density at radius 1 is 1.37 bits per heavy atom. The van der Waals surface area contributed by atoms with E-state index in [1.165, 1.54) is 19.3 Å². The minimum absolute atomic E-state index is 0.0289. The molecule has 1 unspecified atom stereocenters. The van der Waals surface area contributed by atoms with Crippen molar-refractivity contribution in [2.24, 2.45) is 0 Å². The number of rotatable bonds is 2. The highest BCUT2D eigenvalue weighted by atomic mass is 32.1. The number of nitrogens with one attached hydrogen (secondary N) is 1. The second kappa shape index (κ2) is 7.04. The van der Waals surface area contributed by atoms with Crippen LogP contribution in [0.1, 0.15) is 12.0 Å². The first kappa shape index (κ1) is 15.4. The molecule has 1 N–H and O–H groups in total. The molecular formula is C14H13F2NOS. The highest BCUT2D eigenvalue weighted by Gasteiger charge is 2.38. The Balaban J connectivity index is 0.000000550. The van der Waals surface area contributed by atoms with E-state index < -0.39 is 11.7 Å². The lowest BCUT2D eigenvalue weighted by atomic mass is 9.92. The Labute approximate surface area is 115 Å². The summed E-state index contributed by atoms with van der Waals surface area (Å²) in [5.41, 5.74) is 0.479. The van der Waals surface area contributed by atoms with Gasteiger partial charge in [0.15, 0.2) is 0 Å². The average Bonchev–Trinajstić information content (AvgIpc) is 2.41. The van der Waals surface area contributed by atoms with Crippen molar-refractivity contribution in [1.82, 2.24) is 0 Å². The molecule has 0 heterocycles. The van der Waals surface area contributed by atoms with Gasteiger partial charge in [0.1, 0.15) is 5.83 Å². The fraction of sp³-hybridized carbons (Fsp3) is 0.214. The Morgan fingerprint density at radius 3 is 2.47 bits per heavy atom. The van der Waals surface area contributed by atoms with Crippen LogP contribution < -0.4 is 0 Å². The molecule has 5 heteroatoms. The molecule has 0 aliphatic heterocycles. The van der Waals surface area contributed by atoms with E-state index in [0.29, 0.717) is 5.56 Å². The summed E-state index contributed by atoms with van der Waals surface area (Å²) in [6.45, 7) is 0. The summed E-state index contributed by atoms with van der Waals surface area (Å²) in [5.74, 6) is -2.65. The molecule has 1 aromatic rings. The van der Waals surface area contributed by atoms with Gasteiger partial charge in [-0.15, -0.1) is 0 Å². The van der Waals surface area contributed by atoms with Crippen LogP contribution in [0.15, 0.2) is 48.3 Å². The fourth-order valence-corrected chi connectivity index (χ4v) is 1.82. The number of hydrogen-bond donors (Lipinski definition) is 1. The maximum absolute atomic E-state index is 14.3. The lowest BCUT2D eigenvalue weighted by Crippen LogP contribution is -2.28. The molecule has 0 saturated carbocycles. The zero-order valence-electron chi connectivity index (χ0n) is 10.3. The van der Waals surface area contributed by atoms with Gasteiger partial charge in [-0.25, -0.2) is 14.2 Å². The van der Waals surface area contributed by atoms with E-state index in [1.54, 1.807) is 35.5 Å². The largest absolute Gasteiger partial charge is 0.345 e. The van der Waals surface area contributed by atoms with Crippen LogP contribution in [0.25, 0.3) is 5.57 Å². The molecule has 0 aromatic heterocycles. The SMILES string of the molecule is COC1(F)CC=CC(F)=C1c1ccccc1.N=C=S. The first-order chi connectivity index (χ1) is 9.09. The zero-order chi connectivity index (χ0) is 14.3. The number of alkyl halides is 1. The van der Waals surface area contributed by atoms with E-state index in [-0.39, 0.29) is 12.0 Å². The van der Waals surface area contributed by atoms with E-state index in [9.17, 15) is 8.78 Å². The number of thiocarbonyl (C=S) groups is 1. The van der Waals surface area contributed by atoms with Crippen LogP contribution in [0, 0.1) is 5.41 Å². The predicted octanol–water partition coefficient (Wildman–Crippen LogP) is 4.31. The van der Waals surface area contributed by atoms with Crippen LogP contribution in [0.4, 0.5) is 8.78 Å². The summed E-state index contributed by atoms with van der Waals surface area (Å²) < 4.78 is 32.8. The molecule has 1 aromatic carbocycles. The van der Waals surface area contributed by atoms with Crippen LogP contribution >= 0.6 is 12.2 Å². The highest BCUT2D eigenvalue weighted by Crippen LogP contribution is 2.40. The Hall–Kier alpha value is -1.68. The number of allylic oxidation sites excluding steroid dienone is 2. The van der Waals surface area contributed by atoms with Crippen LogP contribution in [0.3, 0.4) is 0 Å². The molecule has 0 radical (unpaired) electrons. The molecule has 100 valence electrons. The third kappa shape index (κ3) is 3.64. The Morgan fingerprint density at radius 2 is 1.95 bits per heavy atom. The van der Waals surface area contributed by atoms with Gasteiger partial charge in [0.25, 0.3) is 0 Å². The molecule has 0 saturated heterocycles. The van der Waals surface area contributed by atoms with E-state index in [1.807, 2.05) is 0 Å². The molecule has 1 aliphatic rings. The lowest BCUT2D eigenvalue weighted by Gasteiger charge is -2.28. The van der Waals surface area contributed by atoms with Crippen LogP contribution in [0.2, 0.25) is 0 Å². The van der Waals surface area contributed by atoms with E-state index in [0.717, 1.165) is 0 Å².